The number of aliphatic hydroxyl groups is 1. The molecular weight excluding hydrogens is 297 g/mol. The number of fused-ring (bicyclic) bond motifs is 1. The summed E-state index contributed by atoms with van der Waals surface area (Å²) in [5.74, 6) is -0.559. The van der Waals surface area contributed by atoms with Gasteiger partial charge >= 0.3 is 0 Å². The highest BCUT2D eigenvalue weighted by Crippen LogP contribution is 2.40. The lowest BCUT2D eigenvalue weighted by Crippen LogP contribution is -2.24. The Labute approximate surface area is 133 Å². The van der Waals surface area contributed by atoms with Gasteiger partial charge in [-0.25, -0.2) is 4.39 Å². The molecule has 1 unspecified atom stereocenters. The van der Waals surface area contributed by atoms with E-state index in [1.54, 1.807) is 17.9 Å². The molecule has 3 N–H and O–H groups in total. The highest BCUT2D eigenvalue weighted by molar-refractivity contribution is 5.95. The third-order valence-electron chi connectivity index (χ3n) is 4.90. The van der Waals surface area contributed by atoms with Crippen LogP contribution in [0.1, 0.15) is 30.9 Å². The number of aliphatic hydroxyl groups excluding tert-OH is 1. The highest BCUT2D eigenvalue weighted by Gasteiger charge is 2.29. The summed E-state index contributed by atoms with van der Waals surface area (Å²) < 4.78 is 16.8. The van der Waals surface area contributed by atoms with Crippen LogP contribution in [0.2, 0.25) is 0 Å². The second-order valence-electron chi connectivity index (χ2n) is 6.69. The first kappa shape index (κ1) is 14.5. The van der Waals surface area contributed by atoms with Gasteiger partial charge in [-0.2, -0.15) is 0 Å². The zero-order chi connectivity index (χ0) is 16.3. The zero-order valence-corrected chi connectivity index (χ0v) is 13.1. The number of hydrogen-bond donors (Lipinski definition) is 2. The first-order valence-corrected chi connectivity index (χ1v) is 8.04. The molecule has 1 aromatic heterocycles. The van der Waals surface area contributed by atoms with Crippen LogP contribution in [-0.2, 0) is 0 Å². The number of β-amino-alcohol motifs (C(OH)–C–C–N with tert-alkyl or cyclic N) is 1. The van der Waals surface area contributed by atoms with E-state index >= 15 is 0 Å². The molecule has 4 rings (SSSR count). The van der Waals surface area contributed by atoms with E-state index in [1.165, 1.54) is 0 Å². The average molecular weight is 317 g/mol. The van der Waals surface area contributed by atoms with Crippen LogP contribution in [0.5, 0.6) is 0 Å². The van der Waals surface area contributed by atoms with Gasteiger partial charge in [0.1, 0.15) is 0 Å². The minimum Gasteiger partial charge on any atom is -0.396 e. The predicted molar refractivity (Wildman–Crippen MR) is 88.4 cm³/mol. The van der Waals surface area contributed by atoms with Crippen molar-refractivity contribution in [3.05, 3.63) is 33.9 Å². The van der Waals surface area contributed by atoms with Crippen LogP contribution in [-0.4, -0.2) is 28.9 Å². The number of nitrogens with two attached hydrogens (primary N) is 1. The Morgan fingerprint density at radius 1 is 1.35 bits per heavy atom. The summed E-state index contributed by atoms with van der Waals surface area (Å²) >= 11 is 0. The Bertz CT molecular complexity index is 857. The molecule has 0 radical (unpaired) electrons. The molecule has 1 saturated heterocycles. The number of pyridine rings is 1. The molecule has 6 heteroatoms. The third-order valence-corrected chi connectivity index (χ3v) is 4.90. The Morgan fingerprint density at radius 2 is 2.09 bits per heavy atom. The van der Waals surface area contributed by atoms with Crippen molar-refractivity contribution in [1.82, 2.24) is 4.57 Å². The zero-order valence-electron chi connectivity index (χ0n) is 13.1. The van der Waals surface area contributed by atoms with Gasteiger partial charge in [0.05, 0.1) is 28.4 Å². The smallest absolute Gasteiger partial charge is 0.194 e. The van der Waals surface area contributed by atoms with Crippen molar-refractivity contribution in [3.8, 4) is 0 Å². The summed E-state index contributed by atoms with van der Waals surface area (Å²) in [5.41, 5.74) is 7.37. The molecule has 0 bridgehead atoms. The summed E-state index contributed by atoms with van der Waals surface area (Å²) in [6, 6.07) is 2.08. The topological polar surface area (TPSA) is 71.5 Å². The number of nitrogen functional groups attached to an aromatic ring is 1. The van der Waals surface area contributed by atoms with Crippen molar-refractivity contribution >= 4 is 22.3 Å². The molecule has 1 aromatic carbocycles. The van der Waals surface area contributed by atoms with Crippen LogP contribution in [0.4, 0.5) is 15.8 Å². The van der Waals surface area contributed by atoms with Crippen molar-refractivity contribution in [1.29, 1.82) is 0 Å². The maximum atomic E-state index is 14.8. The molecular formula is C17H20FN3O2. The van der Waals surface area contributed by atoms with Crippen molar-refractivity contribution in [2.75, 3.05) is 23.7 Å². The fourth-order valence-corrected chi connectivity index (χ4v) is 3.47. The summed E-state index contributed by atoms with van der Waals surface area (Å²) in [6.07, 6.45) is 4.14. The van der Waals surface area contributed by atoms with Crippen LogP contribution in [0.25, 0.3) is 10.9 Å². The predicted octanol–water partition coefficient (Wildman–Crippen LogP) is 1.94. The highest BCUT2D eigenvalue weighted by atomic mass is 19.1. The van der Waals surface area contributed by atoms with Gasteiger partial charge in [-0.05, 0) is 32.3 Å². The fourth-order valence-electron chi connectivity index (χ4n) is 3.47. The molecule has 5 nitrogen and oxygen atoms in total. The summed E-state index contributed by atoms with van der Waals surface area (Å²) in [6.45, 7) is 2.71. The number of hydrogen-bond acceptors (Lipinski definition) is 4. The monoisotopic (exact) mass is 317 g/mol. The minimum atomic E-state index is -0.559. The van der Waals surface area contributed by atoms with E-state index in [4.69, 9.17) is 5.73 Å². The van der Waals surface area contributed by atoms with E-state index in [-0.39, 0.29) is 16.5 Å². The first-order valence-electron chi connectivity index (χ1n) is 8.04. The van der Waals surface area contributed by atoms with Gasteiger partial charge in [-0.3, -0.25) is 4.79 Å². The Morgan fingerprint density at radius 3 is 2.70 bits per heavy atom. The normalized spacial score (nSPS) is 21.3. The maximum Gasteiger partial charge on any atom is 0.194 e. The Kier molecular flexibility index (Phi) is 3.13. The maximum absolute atomic E-state index is 14.8. The molecule has 23 heavy (non-hydrogen) atoms. The van der Waals surface area contributed by atoms with Crippen molar-refractivity contribution in [2.24, 2.45) is 0 Å². The molecule has 2 aliphatic rings. The molecule has 0 amide bonds. The van der Waals surface area contributed by atoms with Gasteiger partial charge in [0.15, 0.2) is 11.2 Å². The fraction of sp³-hybridized carbons (Fsp3) is 0.471. The minimum absolute atomic E-state index is 0.0815. The molecule has 2 heterocycles. The summed E-state index contributed by atoms with van der Waals surface area (Å²) in [5, 5.41) is 9.99. The molecule has 2 aromatic rings. The van der Waals surface area contributed by atoms with Gasteiger partial charge in [0.2, 0.25) is 0 Å². The van der Waals surface area contributed by atoms with Crippen molar-refractivity contribution in [2.45, 2.75) is 38.3 Å². The first-order chi connectivity index (χ1) is 11.0. The van der Waals surface area contributed by atoms with Crippen LogP contribution in [0.15, 0.2) is 17.1 Å². The van der Waals surface area contributed by atoms with Gasteiger partial charge in [0, 0.05) is 30.9 Å². The largest absolute Gasteiger partial charge is 0.396 e. The van der Waals surface area contributed by atoms with E-state index in [9.17, 15) is 14.3 Å². The Hall–Kier alpha value is -2.08. The molecule has 2 fully saturated rings. The van der Waals surface area contributed by atoms with E-state index < -0.39 is 11.9 Å². The molecule has 1 saturated carbocycles. The van der Waals surface area contributed by atoms with Gasteiger partial charge in [-0.15, -0.1) is 0 Å². The molecule has 1 aliphatic carbocycles. The molecule has 122 valence electrons. The van der Waals surface area contributed by atoms with Crippen LogP contribution in [0, 0.1) is 12.7 Å². The summed E-state index contributed by atoms with van der Waals surface area (Å²) in [7, 11) is 0. The molecule has 0 spiro atoms. The number of aryl methyl sites for hydroxylation is 1. The van der Waals surface area contributed by atoms with E-state index in [0.717, 1.165) is 12.8 Å². The number of aromatic nitrogens is 1. The number of benzene rings is 1. The number of nitrogens with zero attached hydrogens (tertiary/aromatic N) is 2. The lowest BCUT2D eigenvalue weighted by atomic mass is 10.1. The molecule has 1 atom stereocenters. The van der Waals surface area contributed by atoms with Gasteiger partial charge in [0.25, 0.3) is 0 Å². The lowest BCUT2D eigenvalue weighted by molar-refractivity contribution is 0.198. The van der Waals surface area contributed by atoms with Crippen molar-refractivity contribution < 1.29 is 9.50 Å². The average Bonchev–Trinajstić information content (AvgIpc) is 3.27. The summed E-state index contributed by atoms with van der Waals surface area (Å²) in [4.78, 5) is 14.3. The van der Waals surface area contributed by atoms with E-state index in [2.05, 4.69) is 4.57 Å². The third kappa shape index (κ3) is 2.20. The molecule has 1 aliphatic heterocycles. The van der Waals surface area contributed by atoms with Crippen LogP contribution in [0.3, 0.4) is 0 Å². The van der Waals surface area contributed by atoms with Gasteiger partial charge < -0.3 is 20.3 Å². The Balaban J connectivity index is 2.00. The second kappa shape index (κ2) is 4.96. The van der Waals surface area contributed by atoms with Crippen LogP contribution < -0.4 is 16.1 Å². The quantitative estimate of drug-likeness (QED) is 0.830. The standard InChI is InChI=1S/C17H20FN3O2/c1-9-7-21(10-2-3-10)12-6-13(20-5-4-11(22)8-20)15(18)16(19)14(12)17(9)23/h6-7,10-11,22H,2-5,8,19H2,1H3. The van der Waals surface area contributed by atoms with E-state index in [1.807, 2.05) is 6.20 Å². The SMILES string of the molecule is Cc1cn(C2CC2)c2cc(N3CCC(O)C3)c(F)c(N)c2c1=O. The van der Waals surface area contributed by atoms with Crippen LogP contribution >= 0.6 is 0 Å². The lowest BCUT2D eigenvalue weighted by Gasteiger charge is -2.22. The van der Waals surface area contributed by atoms with E-state index in [0.29, 0.717) is 42.3 Å². The van der Waals surface area contributed by atoms with Gasteiger partial charge in [-0.1, -0.05) is 0 Å². The number of halogens is 1. The second-order valence-corrected chi connectivity index (χ2v) is 6.69. The van der Waals surface area contributed by atoms with Crippen molar-refractivity contribution in [3.63, 3.8) is 0 Å². The number of rotatable bonds is 2. The number of anilines is 2.